The molecule has 0 bridgehead atoms. The molecule has 4 rings (SSSR count). The van der Waals surface area contributed by atoms with E-state index in [0.29, 0.717) is 28.7 Å². The standard InChI is InChI=1S/C14H11ClN6O2/c15-8-2-1-3-9(6-8)21-18-13(17-19-21)10-4-5-11-14(23)16-7-12(22)20(10)11/h1-3,5-6,10H,4,7H2,(H,16,23)/t10-/m1/s1. The zero-order chi connectivity index (χ0) is 16.0. The molecule has 9 heteroatoms. The van der Waals surface area contributed by atoms with Gasteiger partial charge in [-0.15, -0.1) is 15.0 Å². The minimum absolute atomic E-state index is 0.0187. The third-order valence-electron chi connectivity index (χ3n) is 3.77. The maximum Gasteiger partial charge on any atom is 0.268 e. The lowest BCUT2D eigenvalue weighted by Crippen LogP contribution is -2.49. The normalized spacial score (nSPS) is 20.3. The van der Waals surface area contributed by atoms with Crippen LogP contribution < -0.4 is 5.32 Å². The van der Waals surface area contributed by atoms with Gasteiger partial charge in [0.25, 0.3) is 5.91 Å². The molecule has 1 N–H and O–H groups in total. The third-order valence-corrected chi connectivity index (χ3v) is 4.01. The van der Waals surface area contributed by atoms with Gasteiger partial charge >= 0.3 is 0 Å². The van der Waals surface area contributed by atoms with Gasteiger partial charge in [0.05, 0.1) is 12.2 Å². The SMILES string of the molecule is O=C1NCC(=O)N2C1=CC[C@@H]2c1nnn(-c2cccc(Cl)c2)n1. The van der Waals surface area contributed by atoms with Crippen LogP contribution in [0.15, 0.2) is 36.0 Å². The third kappa shape index (κ3) is 2.27. The van der Waals surface area contributed by atoms with Crippen LogP contribution in [0.4, 0.5) is 0 Å². The lowest BCUT2D eigenvalue weighted by Gasteiger charge is -2.29. The van der Waals surface area contributed by atoms with Crippen LogP contribution in [-0.2, 0) is 9.59 Å². The van der Waals surface area contributed by atoms with Crippen molar-refractivity contribution in [2.45, 2.75) is 12.5 Å². The predicted octanol–water partition coefficient (Wildman–Crippen LogP) is 0.603. The van der Waals surface area contributed by atoms with E-state index in [-0.39, 0.29) is 18.4 Å². The van der Waals surface area contributed by atoms with Gasteiger partial charge in [-0.2, -0.15) is 0 Å². The maximum absolute atomic E-state index is 12.1. The quantitative estimate of drug-likeness (QED) is 0.870. The summed E-state index contributed by atoms with van der Waals surface area (Å²) in [6, 6.07) is 6.65. The summed E-state index contributed by atoms with van der Waals surface area (Å²) in [7, 11) is 0. The van der Waals surface area contributed by atoms with Gasteiger partial charge in [-0.05, 0) is 29.8 Å². The van der Waals surface area contributed by atoms with E-state index in [2.05, 4.69) is 20.7 Å². The Balaban J connectivity index is 1.65. The largest absolute Gasteiger partial charge is 0.342 e. The van der Waals surface area contributed by atoms with Gasteiger partial charge in [-0.1, -0.05) is 23.7 Å². The van der Waals surface area contributed by atoms with Crippen molar-refractivity contribution in [3.05, 3.63) is 46.9 Å². The first kappa shape index (κ1) is 13.9. The van der Waals surface area contributed by atoms with Crippen molar-refractivity contribution >= 4 is 23.4 Å². The van der Waals surface area contributed by atoms with Crippen LogP contribution in [0.25, 0.3) is 5.69 Å². The maximum atomic E-state index is 12.1. The molecular weight excluding hydrogens is 320 g/mol. The Labute approximate surface area is 135 Å². The fourth-order valence-electron chi connectivity index (χ4n) is 2.73. The number of rotatable bonds is 2. The average molecular weight is 331 g/mol. The van der Waals surface area contributed by atoms with Crippen molar-refractivity contribution < 1.29 is 9.59 Å². The van der Waals surface area contributed by atoms with Crippen LogP contribution in [0.2, 0.25) is 5.02 Å². The molecule has 0 saturated carbocycles. The number of benzene rings is 1. The fourth-order valence-corrected chi connectivity index (χ4v) is 2.91. The molecule has 0 radical (unpaired) electrons. The van der Waals surface area contributed by atoms with Gasteiger partial charge in [0.2, 0.25) is 5.91 Å². The molecule has 0 aliphatic carbocycles. The summed E-state index contributed by atoms with van der Waals surface area (Å²) in [6.45, 7) is -0.0187. The van der Waals surface area contributed by atoms with Crippen LogP contribution in [0.5, 0.6) is 0 Å². The Morgan fingerprint density at radius 2 is 2.17 bits per heavy atom. The fraction of sp³-hybridized carbons (Fsp3) is 0.214. The topological polar surface area (TPSA) is 93.0 Å². The molecule has 0 spiro atoms. The van der Waals surface area contributed by atoms with E-state index in [9.17, 15) is 9.59 Å². The highest BCUT2D eigenvalue weighted by Crippen LogP contribution is 2.34. The van der Waals surface area contributed by atoms with Gasteiger partial charge in [-0.3, -0.25) is 14.5 Å². The molecule has 1 fully saturated rings. The Hall–Kier alpha value is -2.74. The van der Waals surface area contributed by atoms with Crippen molar-refractivity contribution in [1.82, 2.24) is 30.4 Å². The van der Waals surface area contributed by atoms with E-state index in [4.69, 9.17) is 11.6 Å². The second-order valence-electron chi connectivity index (χ2n) is 5.20. The number of carbonyl (C=O) groups is 2. The predicted molar refractivity (Wildman–Crippen MR) is 79.5 cm³/mol. The molecule has 1 saturated heterocycles. The summed E-state index contributed by atoms with van der Waals surface area (Å²) >= 11 is 5.96. The van der Waals surface area contributed by atoms with E-state index >= 15 is 0 Å². The summed E-state index contributed by atoms with van der Waals surface area (Å²) in [6.07, 6.45) is 2.20. The molecule has 2 aliphatic heterocycles. The molecular formula is C14H11ClN6O2. The Morgan fingerprint density at radius 1 is 1.30 bits per heavy atom. The number of tetrazole rings is 1. The van der Waals surface area contributed by atoms with E-state index in [0.717, 1.165) is 0 Å². The first-order chi connectivity index (χ1) is 11.1. The zero-order valence-electron chi connectivity index (χ0n) is 11.8. The van der Waals surface area contributed by atoms with Gasteiger partial charge in [0.1, 0.15) is 11.7 Å². The Kier molecular flexibility index (Phi) is 3.12. The number of nitrogens with zero attached hydrogens (tertiary/aromatic N) is 5. The van der Waals surface area contributed by atoms with Crippen LogP contribution in [-0.4, -0.2) is 43.5 Å². The molecule has 1 aromatic carbocycles. The monoisotopic (exact) mass is 330 g/mol. The molecule has 2 amide bonds. The summed E-state index contributed by atoms with van der Waals surface area (Å²) in [4.78, 5) is 26.7. The number of aromatic nitrogens is 4. The first-order valence-corrected chi connectivity index (χ1v) is 7.37. The van der Waals surface area contributed by atoms with Crippen molar-refractivity contribution in [3.8, 4) is 5.69 Å². The smallest absolute Gasteiger partial charge is 0.268 e. The summed E-state index contributed by atoms with van der Waals surface area (Å²) in [5, 5.41) is 15.5. The average Bonchev–Trinajstić information content (AvgIpc) is 3.18. The summed E-state index contributed by atoms with van der Waals surface area (Å²) in [5.41, 5.74) is 1.02. The number of halogens is 1. The molecule has 3 heterocycles. The first-order valence-electron chi connectivity index (χ1n) is 7.00. The minimum atomic E-state index is -0.406. The number of hydrogen-bond donors (Lipinski definition) is 1. The second-order valence-corrected chi connectivity index (χ2v) is 5.64. The molecule has 2 aliphatic rings. The molecule has 23 heavy (non-hydrogen) atoms. The number of amides is 2. The van der Waals surface area contributed by atoms with E-state index in [1.807, 2.05) is 0 Å². The number of hydrogen-bond acceptors (Lipinski definition) is 5. The van der Waals surface area contributed by atoms with Crippen molar-refractivity contribution in [1.29, 1.82) is 0 Å². The second kappa shape index (κ2) is 5.17. The minimum Gasteiger partial charge on any atom is -0.342 e. The number of nitrogens with one attached hydrogen (secondary N) is 1. The van der Waals surface area contributed by atoms with Crippen molar-refractivity contribution in [2.24, 2.45) is 0 Å². The number of piperazine rings is 1. The number of carbonyl (C=O) groups excluding carboxylic acids is 2. The van der Waals surface area contributed by atoms with Crippen molar-refractivity contribution in [3.63, 3.8) is 0 Å². The highest BCUT2D eigenvalue weighted by molar-refractivity contribution is 6.30. The summed E-state index contributed by atoms with van der Waals surface area (Å²) < 4.78 is 0. The van der Waals surface area contributed by atoms with Crippen LogP contribution in [0.1, 0.15) is 18.3 Å². The van der Waals surface area contributed by atoms with Gasteiger partial charge in [0, 0.05) is 5.02 Å². The molecule has 2 aromatic rings. The van der Waals surface area contributed by atoms with Crippen molar-refractivity contribution in [2.75, 3.05) is 6.54 Å². The summed E-state index contributed by atoms with van der Waals surface area (Å²) in [5.74, 6) is -0.0499. The highest BCUT2D eigenvalue weighted by atomic mass is 35.5. The van der Waals surface area contributed by atoms with Crippen LogP contribution >= 0.6 is 11.6 Å². The van der Waals surface area contributed by atoms with Crippen LogP contribution in [0, 0.1) is 0 Å². The van der Waals surface area contributed by atoms with Gasteiger partial charge in [-0.25, -0.2) is 0 Å². The van der Waals surface area contributed by atoms with Gasteiger partial charge < -0.3 is 5.32 Å². The van der Waals surface area contributed by atoms with Gasteiger partial charge in [0.15, 0.2) is 5.82 Å². The van der Waals surface area contributed by atoms with Crippen LogP contribution in [0.3, 0.4) is 0 Å². The zero-order valence-corrected chi connectivity index (χ0v) is 12.6. The Morgan fingerprint density at radius 3 is 3.00 bits per heavy atom. The van der Waals surface area contributed by atoms with E-state index in [1.165, 1.54) is 9.70 Å². The lowest BCUT2D eigenvalue weighted by molar-refractivity contribution is -0.137. The molecule has 8 nitrogen and oxygen atoms in total. The highest BCUT2D eigenvalue weighted by Gasteiger charge is 2.40. The molecule has 1 aromatic heterocycles. The Bertz CT molecular complexity index is 845. The van der Waals surface area contributed by atoms with E-state index in [1.54, 1.807) is 30.3 Å². The lowest BCUT2D eigenvalue weighted by atomic mass is 10.2. The van der Waals surface area contributed by atoms with E-state index < -0.39 is 6.04 Å². The molecule has 1 atom stereocenters. The molecule has 116 valence electrons. The number of fused-ring (bicyclic) bond motifs is 1. The molecule has 0 unspecified atom stereocenters.